The SMILES string of the molecule is O=C(OF)C(=O)OF.OB(O)O.[NaH].[NaH]. The fourth-order valence-corrected chi connectivity index (χ4v) is 0.0630. The summed E-state index contributed by atoms with van der Waals surface area (Å²) < 4.78 is 21.0. The molecule has 0 aliphatic heterocycles. The Bertz CT molecular complexity index is 140. The molecule has 0 heterocycles. The van der Waals surface area contributed by atoms with Crippen molar-refractivity contribution in [2.45, 2.75) is 0 Å². The second kappa shape index (κ2) is 16.2. The molecule has 0 fully saturated rings. The molecule has 74 valence electrons. The molecule has 0 aromatic carbocycles. The van der Waals surface area contributed by atoms with Crippen molar-refractivity contribution < 1.29 is 43.6 Å². The molecule has 0 aliphatic rings. The zero-order valence-corrected chi connectivity index (χ0v) is 5.31. The number of carbonyl (C=O) groups excluding carboxylic acids is 2. The monoisotopic (exact) mass is 236 g/mol. The number of halogens is 2. The van der Waals surface area contributed by atoms with Gasteiger partial charge in [0.25, 0.3) is 0 Å². The third-order valence-electron chi connectivity index (χ3n) is 0.307. The van der Waals surface area contributed by atoms with Crippen molar-refractivity contribution in [3.8, 4) is 0 Å². The van der Waals surface area contributed by atoms with Gasteiger partial charge in [-0.15, -0.1) is 0 Å². The molecule has 0 aromatic rings. The molecule has 0 spiro atoms. The number of hydrogen-bond acceptors (Lipinski definition) is 7. The van der Waals surface area contributed by atoms with Gasteiger partial charge in [0.15, 0.2) is 0 Å². The predicted molar refractivity (Wildman–Crippen MR) is 41.1 cm³/mol. The summed E-state index contributed by atoms with van der Waals surface area (Å²) in [6.07, 6.45) is 0. The van der Waals surface area contributed by atoms with Gasteiger partial charge in [0.05, 0.1) is 0 Å². The van der Waals surface area contributed by atoms with Crippen molar-refractivity contribution in [2.24, 2.45) is 0 Å². The van der Waals surface area contributed by atoms with Crippen LogP contribution in [0, 0.1) is 0 Å². The first kappa shape index (κ1) is 24.1. The Balaban J connectivity index is -0.0000000733. The van der Waals surface area contributed by atoms with E-state index in [2.05, 4.69) is 9.88 Å². The molecule has 0 saturated carbocycles. The van der Waals surface area contributed by atoms with E-state index in [1.165, 1.54) is 0 Å². The summed E-state index contributed by atoms with van der Waals surface area (Å²) in [5.41, 5.74) is 0. The van der Waals surface area contributed by atoms with E-state index in [4.69, 9.17) is 15.1 Å². The summed E-state index contributed by atoms with van der Waals surface area (Å²) in [5.74, 6) is -4.04. The Morgan fingerprint density at radius 2 is 1.07 bits per heavy atom. The van der Waals surface area contributed by atoms with Crippen LogP contribution in [-0.2, 0) is 19.5 Å². The summed E-state index contributed by atoms with van der Waals surface area (Å²) in [4.78, 5) is 23.4. The molecule has 0 aromatic heterocycles. The average Bonchev–Trinajstić information content (AvgIpc) is 2.00. The Hall–Kier alpha value is 0.745. The molecule has 0 saturated heterocycles. The van der Waals surface area contributed by atoms with E-state index in [-0.39, 0.29) is 59.1 Å². The van der Waals surface area contributed by atoms with Crippen LogP contribution in [0.1, 0.15) is 0 Å². The molecule has 7 nitrogen and oxygen atoms in total. The molecule has 0 atom stereocenters. The van der Waals surface area contributed by atoms with Crippen LogP contribution in [0.15, 0.2) is 0 Å². The minimum absolute atomic E-state index is 0. The van der Waals surface area contributed by atoms with Crippen LogP contribution in [0.25, 0.3) is 0 Å². The first-order valence-corrected chi connectivity index (χ1v) is 2.15. The third-order valence-corrected chi connectivity index (χ3v) is 0.307. The minimum atomic E-state index is -2.17. The fraction of sp³-hybridized carbons (Fsp3) is 0. The zero-order chi connectivity index (χ0) is 10.1. The second-order valence-corrected chi connectivity index (χ2v) is 1.08. The standard InChI is InChI=1S/C2F2O4.BH3O3.2Na.2H/c3-7-1(5)2(6)8-4;2-1(3)4;;;;/h;2-4H;;;;. The molecule has 0 rings (SSSR count). The van der Waals surface area contributed by atoms with Gasteiger partial charge in [-0.2, -0.15) is 0 Å². The fourth-order valence-electron chi connectivity index (χ4n) is 0.0630. The van der Waals surface area contributed by atoms with Crippen LogP contribution in [0.2, 0.25) is 0 Å². The molecule has 0 radical (unpaired) electrons. The number of carbonyl (C=O) groups is 2. The molecular formula is C2H5BF2Na2O7. The summed E-state index contributed by atoms with van der Waals surface area (Å²) in [5, 5.41) is 21.5. The molecule has 12 heteroatoms. The first-order chi connectivity index (χ1) is 5.45. The van der Waals surface area contributed by atoms with Crippen LogP contribution < -0.4 is 0 Å². The molecule has 0 amide bonds. The maximum absolute atomic E-state index is 10.5. The number of hydrogen-bond donors (Lipinski definition) is 3. The van der Waals surface area contributed by atoms with Crippen molar-refractivity contribution >= 4 is 78.4 Å². The number of rotatable bonds is 0. The van der Waals surface area contributed by atoms with Crippen molar-refractivity contribution in [3.63, 3.8) is 0 Å². The Morgan fingerprint density at radius 3 is 1.14 bits per heavy atom. The van der Waals surface area contributed by atoms with Crippen molar-refractivity contribution in [3.05, 3.63) is 0 Å². The van der Waals surface area contributed by atoms with E-state index in [0.29, 0.717) is 0 Å². The Labute approximate surface area is 121 Å². The van der Waals surface area contributed by atoms with Gasteiger partial charge in [0, 0.05) is 9.05 Å². The molecule has 0 aliphatic carbocycles. The quantitative estimate of drug-likeness (QED) is 0.295. The van der Waals surface area contributed by atoms with Gasteiger partial charge in [0.1, 0.15) is 0 Å². The van der Waals surface area contributed by atoms with Gasteiger partial charge in [-0.1, -0.05) is 0 Å². The first-order valence-electron chi connectivity index (χ1n) is 2.15. The topological polar surface area (TPSA) is 113 Å². The van der Waals surface area contributed by atoms with Gasteiger partial charge in [-0.05, 0) is 0 Å². The third kappa shape index (κ3) is 23.0. The van der Waals surface area contributed by atoms with E-state index in [1.807, 2.05) is 0 Å². The zero-order valence-electron chi connectivity index (χ0n) is 5.31. The normalized spacial score (nSPS) is 6.36. The van der Waals surface area contributed by atoms with Gasteiger partial charge < -0.3 is 15.1 Å². The van der Waals surface area contributed by atoms with Crippen molar-refractivity contribution in [1.29, 1.82) is 0 Å². The predicted octanol–water partition coefficient (Wildman–Crippen LogP) is -3.51. The molecule has 14 heavy (non-hydrogen) atoms. The van der Waals surface area contributed by atoms with E-state index < -0.39 is 19.3 Å². The van der Waals surface area contributed by atoms with E-state index in [9.17, 15) is 18.6 Å². The molecule has 0 bridgehead atoms. The van der Waals surface area contributed by atoms with Crippen LogP contribution in [0.3, 0.4) is 0 Å². The molecular weight excluding hydrogens is 231 g/mol. The van der Waals surface area contributed by atoms with Crippen molar-refractivity contribution in [1.82, 2.24) is 0 Å². The van der Waals surface area contributed by atoms with Crippen LogP contribution in [0.4, 0.5) is 9.05 Å². The van der Waals surface area contributed by atoms with Crippen molar-refractivity contribution in [2.75, 3.05) is 0 Å². The van der Waals surface area contributed by atoms with E-state index in [0.717, 1.165) is 0 Å². The van der Waals surface area contributed by atoms with Gasteiger partial charge in [-0.3, -0.25) is 0 Å². The summed E-state index contributed by atoms with van der Waals surface area (Å²) >= 11 is 0. The summed E-state index contributed by atoms with van der Waals surface area (Å²) in [6, 6.07) is 0. The Kier molecular flexibility index (Phi) is 27.9. The van der Waals surface area contributed by atoms with Crippen LogP contribution in [-0.4, -0.2) is 93.4 Å². The maximum atomic E-state index is 10.5. The van der Waals surface area contributed by atoms with E-state index >= 15 is 0 Å². The van der Waals surface area contributed by atoms with Gasteiger partial charge >= 0.3 is 78.4 Å². The van der Waals surface area contributed by atoms with E-state index in [1.54, 1.807) is 0 Å². The Morgan fingerprint density at radius 1 is 0.929 bits per heavy atom. The second-order valence-electron chi connectivity index (χ2n) is 1.08. The van der Waals surface area contributed by atoms with Crippen LogP contribution in [0.5, 0.6) is 0 Å². The van der Waals surface area contributed by atoms with Crippen LogP contribution >= 0.6 is 0 Å². The summed E-state index contributed by atoms with van der Waals surface area (Å²) in [7, 11) is -2.17. The van der Waals surface area contributed by atoms with Gasteiger partial charge in [-0.25, -0.2) is 19.5 Å². The molecule has 3 N–H and O–H groups in total. The summed E-state index contributed by atoms with van der Waals surface area (Å²) in [6.45, 7) is 0. The average molecular weight is 236 g/mol. The van der Waals surface area contributed by atoms with Gasteiger partial charge in [0.2, 0.25) is 0 Å². The molecule has 0 unspecified atom stereocenters.